The Kier molecular flexibility index (Phi) is 5.06. The number of carboxylic acids is 1. The fourth-order valence-electron chi connectivity index (χ4n) is 1.97. The van der Waals surface area contributed by atoms with Gasteiger partial charge in [-0.3, -0.25) is 0 Å². The van der Waals surface area contributed by atoms with Crippen LogP contribution in [0.1, 0.15) is 18.5 Å². The smallest absolute Gasteiger partial charge is 0.330 e. The normalized spacial score (nSPS) is 11.7. The fourth-order valence-corrected chi connectivity index (χ4v) is 2.16. The number of anilines is 1. The van der Waals surface area contributed by atoms with Crippen LogP contribution in [-0.2, 0) is 4.79 Å². The van der Waals surface area contributed by atoms with Gasteiger partial charge in [0.15, 0.2) is 6.04 Å². The highest BCUT2D eigenvalue weighted by atomic mass is 35.5. The minimum atomic E-state index is -0.983. The molecule has 0 fully saturated rings. The number of carbonyl (C=O) groups is 1. The molecule has 0 aliphatic rings. The average molecular weight is 306 g/mol. The monoisotopic (exact) mass is 305 g/mol. The summed E-state index contributed by atoms with van der Waals surface area (Å²) in [6, 6.07) is 13.2. The SMILES string of the molecule is CCOc1cccc(C(Nc2ccccc2Cl)C(=O)O)c1. The Hall–Kier alpha value is -2.20. The predicted octanol–water partition coefficient (Wildman–Crippen LogP) is 3.98. The Labute approximate surface area is 128 Å². The maximum atomic E-state index is 11.5. The van der Waals surface area contributed by atoms with Crippen LogP contribution in [0.25, 0.3) is 0 Å². The summed E-state index contributed by atoms with van der Waals surface area (Å²) in [5.74, 6) is -0.342. The molecule has 0 bridgehead atoms. The van der Waals surface area contributed by atoms with Crippen LogP contribution in [0.3, 0.4) is 0 Å². The number of benzene rings is 2. The van der Waals surface area contributed by atoms with Gasteiger partial charge in [0.05, 0.1) is 17.3 Å². The molecule has 0 saturated heterocycles. The quantitative estimate of drug-likeness (QED) is 0.847. The number of ether oxygens (including phenoxy) is 1. The lowest BCUT2D eigenvalue weighted by Gasteiger charge is -2.18. The molecule has 2 aromatic carbocycles. The van der Waals surface area contributed by atoms with Gasteiger partial charge in [-0.2, -0.15) is 0 Å². The first-order chi connectivity index (χ1) is 10.1. The molecule has 21 heavy (non-hydrogen) atoms. The van der Waals surface area contributed by atoms with E-state index in [1.54, 1.807) is 48.5 Å². The number of hydrogen-bond donors (Lipinski definition) is 2. The second-order valence-electron chi connectivity index (χ2n) is 4.40. The summed E-state index contributed by atoms with van der Waals surface area (Å²) in [6.07, 6.45) is 0. The third kappa shape index (κ3) is 3.89. The van der Waals surface area contributed by atoms with E-state index in [0.29, 0.717) is 28.6 Å². The number of hydrogen-bond acceptors (Lipinski definition) is 3. The molecule has 0 saturated carbocycles. The number of para-hydroxylation sites is 1. The van der Waals surface area contributed by atoms with Crippen molar-refractivity contribution in [1.29, 1.82) is 0 Å². The summed E-state index contributed by atoms with van der Waals surface area (Å²) in [5, 5.41) is 12.9. The van der Waals surface area contributed by atoms with Gasteiger partial charge in [0.25, 0.3) is 0 Å². The molecule has 0 heterocycles. The van der Waals surface area contributed by atoms with E-state index in [9.17, 15) is 9.90 Å². The number of halogens is 1. The van der Waals surface area contributed by atoms with Crippen molar-refractivity contribution in [2.24, 2.45) is 0 Å². The maximum Gasteiger partial charge on any atom is 0.330 e. The minimum absolute atomic E-state index is 0.477. The molecule has 5 heteroatoms. The summed E-state index contributed by atoms with van der Waals surface area (Å²) in [7, 11) is 0. The second-order valence-corrected chi connectivity index (χ2v) is 4.81. The highest BCUT2D eigenvalue weighted by molar-refractivity contribution is 6.33. The molecular formula is C16H16ClNO3. The van der Waals surface area contributed by atoms with Gasteiger partial charge in [0, 0.05) is 0 Å². The third-order valence-electron chi connectivity index (χ3n) is 2.92. The van der Waals surface area contributed by atoms with Crippen LogP contribution in [0.15, 0.2) is 48.5 Å². The molecule has 2 rings (SSSR count). The average Bonchev–Trinajstić information content (AvgIpc) is 2.46. The molecule has 0 radical (unpaired) electrons. The van der Waals surface area contributed by atoms with Crippen molar-refractivity contribution in [2.75, 3.05) is 11.9 Å². The summed E-state index contributed by atoms with van der Waals surface area (Å²) in [4.78, 5) is 11.5. The number of aliphatic carboxylic acids is 1. The molecule has 0 amide bonds. The van der Waals surface area contributed by atoms with E-state index >= 15 is 0 Å². The highest BCUT2D eigenvalue weighted by Crippen LogP contribution is 2.27. The van der Waals surface area contributed by atoms with Crippen LogP contribution >= 0.6 is 11.6 Å². The lowest BCUT2D eigenvalue weighted by atomic mass is 10.1. The van der Waals surface area contributed by atoms with E-state index in [1.165, 1.54) is 0 Å². The Balaban J connectivity index is 2.29. The number of carboxylic acid groups (broad SMARTS) is 1. The van der Waals surface area contributed by atoms with Gasteiger partial charge in [-0.05, 0) is 36.8 Å². The first kappa shape index (κ1) is 15.2. The molecule has 1 unspecified atom stereocenters. The van der Waals surface area contributed by atoms with Gasteiger partial charge in [-0.15, -0.1) is 0 Å². The lowest BCUT2D eigenvalue weighted by Crippen LogP contribution is -2.20. The zero-order valence-corrected chi connectivity index (χ0v) is 12.3. The Morgan fingerprint density at radius 1 is 1.29 bits per heavy atom. The number of nitrogens with one attached hydrogen (secondary N) is 1. The van der Waals surface area contributed by atoms with Crippen LogP contribution in [0, 0.1) is 0 Å². The zero-order chi connectivity index (χ0) is 15.2. The molecular weight excluding hydrogens is 290 g/mol. The van der Waals surface area contributed by atoms with Crippen molar-refractivity contribution in [3.05, 3.63) is 59.1 Å². The van der Waals surface area contributed by atoms with Gasteiger partial charge < -0.3 is 15.2 Å². The van der Waals surface area contributed by atoms with Crippen molar-refractivity contribution < 1.29 is 14.6 Å². The van der Waals surface area contributed by atoms with Crippen molar-refractivity contribution in [2.45, 2.75) is 13.0 Å². The predicted molar refractivity (Wildman–Crippen MR) is 83.1 cm³/mol. The molecule has 4 nitrogen and oxygen atoms in total. The Bertz CT molecular complexity index is 630. The van der Waals surface area contributed by atoms with Gasteiger partial charge in [0.2, 0.25) is 0 Å². The highest BCUT2D eigenvalue weighted by Gasteiger charge is 2.21. The molecule has 110 valence electrons. The Morgan fingerprint density at radius 2 is 2.05 bits per heavy atom. The standard InChI is InChI=1S/C16H16ClNO3/c1-2-21-12-7-5-6-11(10-12)15(16(19)20)18-14-9-4-3-8-13(14)17/h3-10,15,18H,2H2,1H3,(H,19,20). The van der Waals surface area contributed by atoms with E-state index in [0.717, 1.165) is 0 Å². The van der Waals surface area contributed by atoms with Crippen molar-refractivity contribution in [3.8, 4) is 5.75 Å². The van der Waals surface area contributed by atoms with Gasteiger partial charge in [0.1, 0.15) is 5.75 Å². The fraction of sp³-hybridized carbons (Fsp3) is 0.188. The van der Waals surface area contributed by atoms with Gasteiger partial charge >= 0.3 is 5.97 Å². The van der Waals surface area contributed by atoms with E-state index in [2.05, 4.69) is 5.32 Å². The van der Waals surface area contributed by atoms with E-state index in [1.807, 2.05) is 6.92 Å². The summed E-state index contributed by atoms with van der Waals surface area (Å²) >= 11 is 6.06. The van der Waals surface area contributed by atoms with E-state index < -0.39 is 12.0 Å². The van der Waals surface area contributed by atoms with Crippen LogP contribution in [0.5, 0.6) is 5.75 Å². The summed E-state index contributed by atoms with van der Waals surface area (Å²) < 4.78 is 5.40. The molecule has 0 spiro atoms. The van der Waals surface area contributed by atoms with Crippen LogP contribution < -0.4 is 10.1 Å². The Morgan fingerprint density at radius 3 is 2.71 bits per heavy atom. The molecule has 2 aromatic rings. The first-order valence-corrected chi connectivity index (χ1v) is 6.96. The van der Waals surface area contributed by atoms with E-state index in [4.69, 9.17) is 16.3 Å². The molecule has 0 aromatic heterocycles. The summed E-state index contributed by atoms with van der Waals surface area (Å²) in [6.45, 7) is 2.41. The zero-order valence-electron chi connectivity index (χ0n) is 11.5. The molecule has 2 N–H and O–H groups in total. The molecule has 0 aliphatic carbocycles. The second kappa shape index (κ2) is 6.99. The lowest BCUT2D eigenvalue weighted by molar-refractivity contribution is -0.138. The van der Waals surface area contributed by atoms with Gasteiger partial charge in [-0.1, -0.05) is 35.9 Å². The van der Waals surface area contributed by atoms with E-state index in [-0.39, 0.29) is 0 Å². The third-order valence-corrected chi connectivity index (χ3v) is 3.25. The summed E-state index contributed by atoms with van der Waals surface area (Å²) in [5.41, 5.74) is 1.18. The van der Waals surface area contributed by atoms with Gasteiger partial charge in [-0.25, -0.2) is 4.79 Å². The molecule has 0 aliphatic heterocycles. The van der Waals surface area contributed by atoms with Crippen LogP contribution in [0.2, 0.25) is 5.02 Å². The minimum Gasteiger partial charge on any atom is -0.494 e. The van der Waals surface area contributed by atoms with Crippen LogP contribution in [-0.4, -0.2) is 17.7 Å². The number of rotatable bonds is 6. The molecule has 1 atom stereocenters. The van der Waals surface area contributed by atoms with Crippen molar-refractivity contribution in [1.82, 2.24) is 0 Å². The van der Waals surface area contributed by atoms with Crippen molar-refractivity contribution >= 4 is 23.3 Å². The topological polar surface area (TPSA) is 58.6 Å². The first-order valence-electron chi connectivity index (χ1n) is 6.58. The van der Waals surface area contributed by atoms with Crippen molar-refractivity contribution in [3.63, 3.8) is 0 Å². The maximum absolute atomic E-state index is 11.5. The van der Waals surface area contributed by atoms with Crippen LogP contribution in [0.4, 0.5) is 5.69 Å². The largest absolute Gasteiger partial charge is 0.494 e.